The van der Waals surface area contributed by atoms with Crippen LogP contribution in [0.25, 0.3) is 0 Å². The van der Waals surface area contributed by atoms with Gasteiger partial charge in [0.1, 0.15) is 6.61 Å². The number of alkyl halides is 1. The van der Waals surface area contributed by atoms with Gasteiger partial charge in [-0.05, 0) is 12.0 Å². The fourth-order valence-electron chi connectivity index (χ4n) is 1.87. The van der Waals surface area contributed by atoms with Gasteiger partial charge in [0.2, 0.25) is 5.91 Å². The van der Waals surface area contributed by atoms with Gasteiger partial charge in [-0.2, -0.15) is 0 Å². The van der Waals surface area contributed by atoms with E-state index in [0.717, 1.165) is 5.56 Å². The Balaban J connectivity index is 2.10. The molecule has 0 radical (unpaired) electrons. The Kier molecular flexibility index (Phi) is 3.98. The number of carbonyl (C=O) groups is 2. The average molecular weight is 345 g/mol. The van der Waals surface area contributed by atoms with Crippen molar-refractivity contribution in [1.29, 1.82) is 0 Å². The van der Waals surface area contributed by atoms with E-state index in [4.69, 9.17) is 4.74 Å². The Labute approximate surface area is 113 Å². The number of hydrogen-bond donors (Lipinski definition) is 0. The van der Waals surface area contributed by atoms with E-state index in [9.17, 15) is 9.59 Å². The number of rotatable bonds is 3. The molecule has 0 bridgehead atoms. The lowest BCUT2D eigenvalue weighted by Gasteiger charge is -2.18. The van der Waals surface area contributed by atoms with Crippen molar-refractivity contribution in [3.8, 4) is 0 Å². The molecule has 0 aromatic heterocycles. The normalized spacial score (nSPS) is 19.2. The van der Waals surface area contributed by atoms with E-state index < -0.39 is 6.09 Å². The van der Waals surface area contributed by atoms with Gasteiger partial charge in [-0.25, -0.2) is 9.69 Å². The number of cyclic esters (lactones) is 1. The monoisotopic (exact) mass is 345 g/mol. The van der Waals surface area contributed by atoms with Crippen molar-refractivity contribution < 1.29 is 14.3 Å². The summed E-state index contributed by atoms with van der Waals surface area (Å²) < 4.78 is 5.23. The lowest BCUT2D eigenvalue weighted by molar-refractivity contribution is -0.126. The van der Waals surface area contributed by atoms with Crippen molar-refractivity contribution in [1.82, 2.24) is 4.90 Å². The predicted octanol–water partition coefficient (Wildman–Crippen LogP) is 2.01. The first-order chi connectivity index (χ1) is 8.22. The highest BCUT2D eigenvalue weighted by Crippen LogP contribution is 2.17. The summed E-state index contributed by atoms with van der Waals surface area (Å²) in [6.45, 7) is 0.288. The van der Waals surface area contributed by atoms with E-state index in [1.807, 2.05) is 52.9 Å². The summed E-state index contributed by atoms with van der Waals surface area (Å²) in [5, 5.41) is 0. The van der Waals surface area contributed by atoms with E-state index in [1.165, 1.54) is 4.90 Å². The molecule has 1 heterocycles. The highest BCUT2D eigenvalue weighted by Gasteiger charge is 2.37. The van der Waals surface area contributed by atoms with Gasteiger partial charge in [0.25, 0.3) is 0 Å². The molecule has 17 heavy (non-hydrogen) atoms. The third-order valence-corrected chi connectivity index (χ3v) is 3.31. The number of nitrogens with zero attached hydrogens (tertiary/aromatic N) is 1. The molecular formula is C12H12INO3. The summed E-state index contributed by atoms with van der Waals surface area (Å²) in [5.74, 6) is -0.186. The molecule has 0 saturated carbocycles. The topological polar surface area (TPSA) is 46.6 Å². The molecule has 4 nitrogen and oxygen atoms in total. The maximum atomic E-state index is 11.6. The molecule has 1 atom stereocenters. The van der Waals surface area contributed by atoms with E-state index in [2.05, 4.69) is 0 Å². The molecule has 1 saturated heterocycles. The predicted molar refractivity (Wildman–Crippen MR) is 71.0 cm³/mol. The van der Waals surface area contributed by atoms with Crippen LogP contribution in [0, 0.1) is 0 Å². The van der Waals surface area contributed by atoms with Crippen LogP contribution in [-0.4, -0.2) is 34.0 Å². The Morgan fingerprint density at radius 1 is 1.41 bits per heavy atom. The molecule has 1 aromatic carbocycles. The van der Waals surface area contributed by atoms with Crippen molar-refractivity contribution >= 4 is 34.6 Å². The lowest BCUT2D eigenvalue weighted by Crippen LogP contribution is -2.40. The Hall–Kier alpha value is -1.11. The molecule has 5 heteroatoms. The number of ether oxygens (including phenoxy) is 1. The second kappa shape index (κ2) is 5.48. The first kappa shape index (κ1) is 12.3. The van der Waals surface area contributed by atoms with E-state index in [1.54, 1.807) is 0 Å². The van der Waals surface area contributed by atoms with Gasteiger partial charge in [0.15, 0.2) is 0 Å². The van der Waals surface area contributed by atoms with Crippen LogP contribution in [0.4, 0.5) is 4.79 Å². The van der Waals surface area contributed by atoms with Gasteiger partial charge in [0, 0.05) is 0 Å². The largest absolute Gasteiger partial charge is 0.447 e. The maximum Gasteiger partial charge on any atom is 0.417 e. The van der Waals surface area contributed by atoms with Crippen LogP contribution in [0.2, 0.25) is 0 Å². The van der Waals surface area contributed by atoms with Crippen LogP contribution in [0.15, 0.2) is 30.3 Å². The van der Waals surface area contributed by atoms with E-state index in [0.29, 0.717) is 6.42 Å². The van der Waals surface area contributed by atoms with Crippen LogP contribution in [0.5, 0.6) is 0 Å². The molecule has 0 spiro atoms. The first-order valence-corrected chi connectivity index (χ1v) is 6.83. The van der Waals surface area contributed by atoms with Crippen LogP contribution in [-0.2, 0) is 16.0 Å². The molecular weight excluding hydrogens is 333 g/mol. The number of imide groups is 1. The van der Waals surface area contributed by atoms with Crippen LogP contribution >= 0.6 is 22.6 Å². The summed E-state index contributed by atoms with van der Waals surface area (Å²) in [6.07, 6.45) is 0.127. The van der Waals surface area contributed by atoms with Crippen LogP contribution in [0.3, 0.4) is 0 Å². The third kappa shape index (κ3) is 2.77. The Morgan fingerprint density at radius 2 is 2.12 bits per heavy atom. The van der Waals surface area contributed by atoms with Crippen molar-refractivity contribution in [2.24, 2.45) is 0 Å². The molecule has 1 aromatic rings. The van der Waals surface area contributed by atoms with E-state index >= 15 is 0 Å². The van der Waals surface area contributed by atoms with Crippen molar-refractivity contribution in [2.45, 2.75) is 12.5 Å². The molecule has 1 aliphatic rings. The molecule has 0 aliphatic carbocycles. The van der Waals surface area contributed by atoms with E-state index in [-0.39, 0.29) is 23.0 Å². The molecule has 2 rings (SSSR count). The highest BCUT2D eigenvalue weighted by atomic mass is 127. The van der Waals surface area contributed by atoms with Crippen LogP contribution < -0.4 is 0 Å². The Morgan fingerprint density at radius 3 is 2.76 bits per heavy atom. The number of halogens is 1. The summed E-state index contributed by atoms with van der Waals surface area (Å²) in [7, 11) is 0. The molecule has 1 aliphatic heterocycles. The Bertz CT molecular complexity index is 421. The van der Waals surface area contributed by atoms with Gasteiger partial charge in [-0.1, -0.05) is 52.9 Å². The molecule has 90 valence electrons. The summed E-state index contributed by atoms with van der Waals surface area (Å²) in [5.41, 5.74) is 1.10. The van der Waals surface area contributed by atoms with Crippen LogP contribution in [0.1, 0.15) is 5.56 Å². The molecule has 2 amide bonds. The average Bonchev–Trinajstić information content (AvgIpc) is 2.71. The first-order valence-electron chi connectivity index (χ1n) is 5.31. The summed E-state index contributed by atoms with van der Waals surface area (Å²) in [6, 6.07) is 9.61. The van der Waals surface area contributed by atoms with Gasteiger partial charge in [-0.3, -0.25) is 4.79 Å². The quantitative estimate of drug-likeness (QED) is 0.622. The second-order valence-electron chi connectivity index (χ2n) is 3.82. The summed E-state index contributed by atoms with van der Waals surface area (Å²) in [4.78, 5) is 24.3. The minimum Gasteiger partial charge on any atom is -0.447 e. The van der Waals surface area contributed by atoms with Gasteiger partial charge < -0.3 is 4.74 Å². The minimum absolute atomic E-state index is 0.174. The SMILES string of the molecule is O=C(CI)N1C(=O)OC[C@H]1Cc1ccccc1. The fraction of sp³-hybridized carbons (Fsp3) is 0.333. The molecule has 1 fully saturated rings. The van der Waals surface area contributed by atoms with Gasteiger partial charge in [-0.15, -0.1) is 0 Å². The zero-order valence-electron chi connectivity index (χ0n) is 9.14. The number of amides is 2. The maximum absolute atomic E-state index is 11.6. The van der Waals surface area contributed by atoms with Gasteiger partial charge >= 0.3 is 6.09 Å². The zero-order chi connectivity index (χ0) is 12.3. The smallest absolute Gasteiger partial charge is 0.417 e. The molecule has 0 N–H and O–H groups in total. The summed E-state index contributed by atoms with van der Waals surface area (Å²) >= 11 is 1.96. The third-order valence-electron chi connectivity index (χ3n) is 2.66. The standard InChI is InChI=1S/C12H12INO3/c13-7-11(15)14-10(8-17-12(14)16)6-9-4-2-1-3-5-9/h1-5,10H,6-8H2/t10-/m1/s1. The zero-order valence-corrected chi connectivity index (χ0v) is 11.3. The van der Waals surface area contributed by atoms with Crippen molar-refractivity contribution in [3.63, 3.8) is 0 Å². The second-order valence-corrected chi connectivity index (χ2v) is 4.58. The number of carbonyl (C=O) groups excluding carboxylic acids is 2. The minimum atomic E-state index is -0.521. The van der Waals surface area contributed by atoms with Crippen molar-refractivity contribution in [3.05, 3.63) is 35.9 Å². The number of benzene rings is 1. The fourth-order valence-corrected chi connectivity index (χ4v) is 2.23. The molecule has 0 unspecified atom stereocenters. The lowest BCUT2D eigenvalue weighted by atomic mass is 10.1. The number of hydrogen-bond acceptors (Lipinski definition) is 3. The van der Waals surface area contributed by atoms with Crippen molar-refractivity contribution in [2.75, 3.05) is 11.0 Å². The highest BCUT2D eigenvalue weighted by molar-refractivity contribution is 14.1. The van der Waals surface area contributed by atoms with Gasteiger partial charge in [0.05, 0.1) is 10.5 Å².